The Morgan fingerprint density at radius 3 is 2.68 bits per heavy atom. The zero-order valence-corrected chi connectivity index (χ0v) is 17.5. The maximum absolute atomic E-state index is 12.7. The van der Waals surface area contributed by atoms with Gasteiger partial charge in [-0.1, -0.05) is 24.7 Å². The van der Waals surface area contributed by atoms with Crippen molar-refractivity contribution in [1.29, 1.82) is 0 Å². The predicted octanol–water partition coefficient (Wildman–Crippen LogP) is 3.39. The molecule has 7 nitrogen and oxygen atoms in total. The molecule has 1 fully saturated rings. The quantitative estimate of drug-likeness (QED) is 0.769. The monoisotopic (exact) mass is 401 g/mol. The van der Waals surface area contributed by atoms with Gasteiger partial charge in [0.2, 0.25) is 16.9 Å². The number of amides is 2. The summed E-state index contributed by atoms with van der Waals surface area (Å²) in [5.41, 5.74) is 2.07. The van der Waals surface area contributed by atoms with E-state index in [0.29, 0.717) is 24.5 Å². The maximum Gasteiger partial charge on any atom is 0.249 e. The number of benzene rings is 1. The van der Waals surface area contributed by atoms with Crippen LogP contribution >= 0.6 is 11.3 Å². The molecule has 0 radical (unpaired) electrons. The predicted molar refractivity (Wildman–Crippen MR) is 113 cm³/mol. The Balaban J connectivity index is 1.64. The average Bonchev–Trinajstić information content (AvgIpc) is 3.35. The second-order valence-corrected chi connectivity index (χ2v) is 8.17. The number of hydrogen-bond donors (Lipinski definition) is 1. The lowest BCUT2D eigenvalue weighted by Crippen LogP contribution is -2.43. The van der Waals surface area contributed by atoms with Gasteiger partial charge in [0.15, 0.2) is 0 Å². The third-order valence-electron chi connectivity index (χ3n) is 4.91. The Bertz CT molecular complexity index is 818. The molecule has 28 heavy (non-hydrogen) atoms. The number of anilines is 2. The van der Waals surface area contributed by atoms with Gasteiger partial charge in [-0.2, -0.15) is 0 Å². The van der Waals surface area contributed by atoms with Gasteiger partial charge in [0.25, 0.3) is 0 Å². The van der Waals surface area contributed by atoms with E-state index in [2.05, 4.69) is 22.4 Å². The molecule has 8 heteroatoms. The highest BCUT2D eigenvalue weighted by Crippen LogP contribution is 2.28. The second-order valence-electron chi connectivity index (χ2n) is 7.19. The van der Waals surface area contributed by atoms with Crippen molar-refractivity contribution in [2.24, 2.45) is 0 Å². The summed E-state index contributed by atoms with van der Waals surface area (Å²) in [5.74, 6) is -0.105. The molecule has 1 aromatic carbocycles. The van der Waals surface area contributed by atoms with Crippen LogP contribution in [0.4, 0.5) is 10.8 Å². The molecule has 1 saturated heterocycles. The fraction of sp³-hybridized carbons (Fsp3) is 0.500. The molecule has 1 unspecified atom stereocenters. The fourth-order valence-corrected chi connectivity index (χ4v) is 4.04. The van der Waals surface area contributed by atoms with Crippen LogP contribution in [0, 0.1) is 0 Å². The first-order valence-corrected chi connectivity index (χ1v) is 10.5. The molecule has 1 aliphatic heterocycles. The van der Waals surface area contributed by atoms with Crippen molar-refractivity contribution in [3.8, 4) is 10.6 Å². The number of likely N-dealkylation sites (tertiary alicyclic amines) is 1. The van der Waals surface area contributed by atoms with Gasteiger partial charge in [0.05, 0.1) is 0 Å². The summed E-state index contributed by atoms with van der Waals surface area (Å²) >= 11 is 1.34. The van der Waals surface area contributed by atoms with Gasteiger partial charge in [-0.3, -0.25) is 14.9 Å². The SMILES string of the molecule is CCCCC(=O)N1CCCC1C(=O)Nc1nnc(-c2ccc(N(C)C)cc2)s1. The highest BCUT2D eigenvalue weighted by atomic mass is 32.1. The van der Waals surface area contributed by atoms with E-state index in [9.17, 15) is 9.59 Å². The summed E-state index contributed by atoms with van der Waals surface area (Å²) in [6, 6.07) is 7.62. The molecule has 0 bridgehead atoms. The van der Waals surface area contributed by atoms with E-state index in [4.69, 9.17) is 0 Å². The van der Waals surface area contributed by atoms with Crippen molar-refractivity contribution < 1.29 is 9.59 Å². The van der Waals surface area contributed by atoms with Gasteiger partial charge in [-0.05, 0) is 43.5 Å². The Labute approximate surface area is 169 Å². The van der Waals surface area contributed by atoms with Crippen LogP contribution in [0.2, 0.25) is 0 Å². The fourth-order valence-electron chi connectivity index (χ4n) is 3.29. The molecule has 2 aromatic rings. The molecule has 2 amide bonds. The number of nitrogens with one attached hydrogen (secondary N) is 1. The second kappa shape index (κ2) is 9.14. The Morgan fingerprint density at radius 2 is 2.00 bits per heavy atom. The van der Waals surface area contributed by atoms with Crippen LogP contribution in [0.1, 0.15) is 39.0 Å². The summed E-state index contributed by atoms with van der Waals surface area (Å²) in [4.78, 5) is 28.8. The molecule has 1 N–H and O–H groups in total. The number of aromatic nitrogens is 2. The van der Waals surface area contributed by atoms with Gasteiger partial charge < -0.3 is 9.80 Å². The van der Waals surface area contributed by atoms with Crippen LogP contribution in [0.5, 0.6) is 0 Å². The minimum absolute atomic E-state index is 0.0680. The minimum Gasteiger partial charge on any atom is -0.378 e. The first-order valence-electron chi connectivity index (χ1n) is 9.71. The van der Waals surface area contributed by atoms with Crippen LogP contribution in [-0.4, -0.2) is 53.6 Å². The molecule has 1 atom stereocenters. The van der Waals surface area contributed by atoms with Crippen LogP contribution in [0.15, 0.2) is 24.3 Å². The van der Waals surface area contributed by atoms with E-state index >= 15 is 0 Å². The van der Waals surface area contributed by atoms with Crippen molar-refractivity contribution in [2.75, 3.05) is 30.9 Å². The number of unbranched alkanes of at least 4 members (excludes halogenated alkanes) is 1. The van der Waals surface area contributed by atoms with Crippen molar-refractivity contribution >= 4 is 34.0 Å². The topological polar surface area (TPSA) is 78.4 Å². The first kappa shape index (κ1) is 20.3. The van der Waals surface area contributed by atoms with E-state index < -0.39 is 6.04 Å². The van der Waals surface area contributed by atoms with Gasteiger partial charge in [0, 0.05) is 38.3 Å². The molecule has 1 aliphatic rings. The van der Waals surface area contributed by atoms with Crippen molar-refractivity contribution in [3.05, 3.63) is 24.3 Å². The average molecular weight is 402 g/mol. The zero-order chi connectivity index (χ0) is 20.1. The highest BCUT2D eigenvalue weighted by Gasteiger charge is 2.34. The summed E-state index contributed by atoms with van der Waals surface area (Å²) in [6.45, 7) is 2.71. The minimum atomic E-state index is -0.406. The lowest BCUT2D eigenvalue weighted by molar-refractivity contribution is -0.136. The van der Waals surface area contributed by atoms with Crippen LogP contribution in [-0.2, 0) is 9.59 Å². The largest absolute Gasteiger partial charge is 0.378 e. The number of hydrogen-bond acceptors (Lipinski definition) is 6. The van der Waals surface area contributed by atoms with Gasteiger partial charge in [-0.25, -0.2) is 0 Å². The number of carbonyl (C=O) groups excluding carboxylic acids is 2. The van der Waals surface area contributed by atoms with Crippen molar-refractivity contribution in [1.82, 2.24) is 15.1 Å². The molecule has 0 aliphatic carbocycles. The Kier molecular flexibility index (Phi) is 6.61. The van der Waals surface area contributed by atoms with E-state index in [1.54, 1.807) is 4.90 Å². The standard InChI is InChI=1S/C20H27N5O2S/c1-4-5-8-17(26)25-13-6-7-16(25)18(27)21-20-23-22-19(28-20)14-9-11-15(12-10-14)24(2)3/h9-12,16H,4-8,13H2,1-3H3,(H,21,23,27). The van der Waals surface area contributed by atoms with Crippen molar-refractivity contribution in [3.63, 3.8) is 0 Å². The maximum atomic E-state index is 12.7. The molecular formula is C20H27N5O2S. The van der Waals surface area contributed by atoms with E-state index in [0.717, 1.165) is 35.5 Å². The number of nitrogens with zero attached hydrogens (tertiary/aromatic N) is 4. The van der Waals surface area contributed by atoms with Crippen molar-refractivity contribution in [2.45, 2.75) is 45.1 Å². The van der Waals surface area contributed by atoms with Crippen LogP contribution < -0.4 is 10.2 Å². The number of rotatable bonds is 7. The summed E-state index contributed by atoms with van der Waals surface area (Å²) in [5, 5.41) is 12.4. The lowest BCUT2D eigenvalue weighted by Gasteiger charge is -2.23. The van der Waals surface area contributed by atoms with E-state index in [-0.39, 0.29) is 11.8 Å². The third kappa shape index (κ3) is 4.67. The van der Waals surface area contributed by atoms with Crippen LogP contribution in [0.25, 0.3) is 10.6 Å². The summed E-state index contributed by atoms with van der Waals surface area (Å²) in [6.07, 6.45) is 3.89. The van der Waals surface area contributed by atoms with E-state index in [1.165, 1.54) is 11.3 Å². The van der Waals surface area contributed by atoms with Crippen LogP contribution in [0.3, 0.4) is 0 Å². The van der Waals surface area contributed by atoms with E-state index in [1.807, 2.05) is 43.3 Å². The molecule has 2 heterocycles. The molecule has 3 rings (SSSR count). The lowest BCUT2D eigenvalue weighted by atomic mass is 10.2. The smallest absolute Gasteiger partial charge is 0.249 e. The molecular weight excluding hydrogens is 374 g/mol. The molecule has 1 aromatic heterocycles. The normalized spacial score (nSPS) is 16.2. The van der Waals surface area contributed by atoms with Gasteiger partial charge in [-0.15, -0.1) is 10.2 Å². The molecule has 0 spiro atoms. The Morgan fingerprint density at radius 1 is 1.25 bits per heavy atom. The molecule has 0 saturated carbocycles. The molecule has 150 valence electrons. The van der Waals surface area contributed by atoms with Gasteiger partial charge >= 0.3 is 0 Å². The number of carbonyl (C=O) groups is 2. The zero-order valence-electron chi connectivity index (χ0n) is 16.6. The first-order chi connectivity index (χ1) is 13.5. The summed E-state index contributed by atoms with van der Waals surface area (Å²) < 4.78 is 0. The third-order valence-corrected chi connectivity index (χ3v) is 5.79. The Hall–Kier alpha value is -2.48. The van der Waals surface area contributed by atoms with Gasteiger partial charge in [0.1, 0.15) is 11.0 Å². The highest BCUT2D eigenvalue weighted by molar-refractivity contribution is 7.18. The summed E-state index contributed by atoms with van der Waals surface area (Å²) in [7, 11) is 3.99.